The first-order valence-corrected chi connectivity index (χ1v) is 5.12. The van der Waals surface area contributed by atoms with Crippen LogP contribution in [0.5, 0.6) is 0 Å². The van der Waals surface area contributed by atoms with E-state index in [4.69, 9.17) is 0 Å². The van der Waals surface area contributed by atoms with E-state index in [1.54, 1.807) is 12.8 Å². The van der Waals surface area contributed by atoms with E-state index in [1.807, 2.05) is 0 Å². The van der Waals surface area contributed by atoms with Crippen molar-refractivity contribution in [3.63, 3.8) is 0 Å². The summed E-state index contributed by atoms with van der Waals surface area (Å²) >= 11 is 0. The van der Waals surface area contributed by atoms with E-state index in [-0.39, 0.29) is 0 Å². The maximum absolute atomic E-state index is 2.53. The topological polar surface area (TPSA) is 0 Å². The molecule has 4 aliphatic rings. The molecule has 3 fully saturated rings. The second-order valence-corrected chi connectivity index (χ2v) is 5.03. The molecule has 0 N–H and O–H groups in total. The highest BCUT2D eigenvalue weighted by molar-refractivity contribution is 5.20. The normalized spacial score (nSPS) is 68.4. The SMILES string of the molecule is C1=CC2C(C1)[C@H]1C[C@@H]2[C@H]2C[C@H]21. The third-order valence-corrected chi connectivity index (χ3v) is 4.84. The zero-order valence-electron chi connectivity index (χ0n) is 6.74. The van der Waals surface area contributed by atoms with Crippen LogP contribution in [0.3, 0.4) is 0 Å². The summed E-state index contributed by atoms with van der Waals surface area (Å²) in [5.74, 6) is 6.89. The molecule has 0 aromatic carbocycles. The molecule has 4 aliphatic carbocycles. The average molecular weight is 146 g/mol. The molecule has 0 amide bonds. The van der Waals surface area contributed by atoms with E-state index in [2.05, 4.69) is 12.2 Å². The van der Waals surface area contributed by atoms with Gasteiger partial charge in [0.1, 0.15) is 0 Å². The molecule has 2 bridgehead atoms. The van der Waals surface area contributed by atoms with Crippen LogP contribution in [0.1, 0.15) is 19.3 Å². The molecular weight excluding hydrogens is 132 g/mol. The monoisotopic (exact) mass is 146 g/mol. The zero-order chi connectivity index (χ0) is 7.00. The third-order valence-electron chi connectivity index (χ3n) is 4.84. The maximum atomic E-state index is 2.53. The van der Waals surface area contributed by atoms with Crippen LogP contribution in [0.2, 0.25) is 0 Å². The summed E-state index contributed by atoms with van der Waals surface area (Å²) in [4.78, 5) is 0. The second kappa shape index (κ2) is 1.44. The summed E-state index contributed by atoms with van der Waals surface area (Å²) in [6, 6.07) is 0. The third kappa shape index (κ3) is 0.457. The molecule has 6 atom stereocenters. The Bertz CT molecular complexity index is 240. The largest absolute Gasteiger partial charge is 0.0879 e. The minimum Gasteiger partial charge on any atom is -0.0879 e. The molecule has 0 aliphatic heterocycles. The lowest BCUT2D eigenvalue weighted by molar-refractivity contribution is 0.272. The van der Waals surface area contributed by atoms with Crippen LogP contribution in [0.15, 0.2) is 12.2 Å². The Hall–Kier alpha value is -0.260. The minimum absolute atomic E-state index is 1.05. The molecule has 58 valence electrons. The Morgan fingerprint density at radius 3 is 2.55 bits per heavy atom. The van der Waals surface area contributed by atoms with Crippen molar-refractivity contribution >= 4 is 0 Å². The van der Waals surface area contributed by atoms with Crippen molar-refractivity contribution in [2.24, 2.45) is 35.5 Å². The molecule has 0 radical (unpaired) electrons. The molecule has 2 unspecified atom stereocenters. The van der Waals surface area contributed by atoms with Gasteiger partial charge in [-0.1, -0.05) is 12.2 Å². The number of hydrogen-bond donors (Lipinski definition) is 0. The van der Waals surface area contributed by atoms with Gasteiger partial charge >= 0.3 is 0 Å². The number of allylic oxidation sites excluding steroid dienone is 2. The van der Waals surface area contributed by atoms with Gasteiger partial charge in [-0.2, -0.15) is 0 Å². The first-order valence-electron chi connectivity index (χ1n) is 5.12. The summed E-state index contributed by atoms with van der Waals surface area (Å²) in [6.07, 6.45) is 9.61. The van der Waals surface area contributed by atoms with Gasteiger partial charge in [0.05, 0.1) is 0 Å². The Kier molecular flexibility index (Phi) is 0.706. The van der Waals surface area contributed by atoms with E-state index in [0.29, 0.717) is 0 Å². The Morgan fingerprint density at radius 1 is 0.818 bits per heavy atom. The van der Waals surface area contributed by atoms with Gasteiger partial charge in [-0.15, -0.1) is 0 Å². The first-order chi connectivity index (χ1) is 5.45. The molecule has 0 spiro atoms. The fourth-order valence-electron chi connectivity index (χ4n) is 4.43. The van der Waals surface area contributed by atoms with Gasteiger partial charge in [0.15, 0.2) is 0 Å². The van der Waals surface area contributed by atoms with Crippen molar-refractivity contribution in [3.05, 3.63) is 12.2 Å². The lowest BCUT2D eigenvalue weighted by Gasteiger charge is -2.23. The van der Waals surface area contributed by atoms with Gasteiger partial charge < -0.3 is 0 Å². The van der Waals surface area contributed by atoms with E-state index in [0.717, 1.165) is 17.8 Å². The molecule has 0 aromatic rings. The predicted molar refractivity (Wildman–Crippen MR) is 43.9 cm³/mol. The minimum atomic E-state index is 1.05. The zero-order valence-corrected chi connectivity index (χ0v) is 6.74. The van der Waals surface area contributed by atoms with Crippen LogP contribution in [0.4, 0.5) is 0 Å². The molecule has 11 heavy (non-hydrogen) atoms. The van der Waals surface area contributed by atoms with Gasteiger partial charge in [-0.05, 0) is 54.8 Å². The molecule has 0 saturated heterocycles. The van der Waals surface area contributed by atoms with Crippen LogP contribution in [-0.4, -0.2) is 0 Å². The lowest BCUT2D eigenvalue weighted by atomic mass is 9.82. The van der Waals surface area contributed by atoms with E-state index in [9.17, 15) is 0 Å². The highest BCUT2D eigenvalue weighted by atomic mass is 14.7. The van der Waals surface area contributed by atoms with Crippen LogP contribution in [0, 0.1) is 35.5 Å². The molecule has 0 heterocycles. The first kappa shape index (κ1) is 5.40. The highest BCUT2D eigenvalue weighted by Crippen LogP contribution is 2.71. The van der Waals surface area contributed by atoms with E-state index >= 15 is 0 Å². The fourth-order valence-corrected chi connectivity index (χ4v) is 4.43. The van der Waals surface area contributed by atoms with Gasteiger partial charge in [-0.3, -0.25) is 0 Å². The molecule has 0 heteroatoms. The van der Waals surface area contributed by atoms with Gasteiger partial charge in [0.2, 0.25) is 0 Å². The summed E-state index contributed by atoms with van der Waals surface area (Å²) in [6.45, 7) is 0. The second-order valence-electron chi connectivity index (χ2n) is 5.03. The fraction of sp³-hybridized carbons (Fsp3) is 0.818. The smallest absolute Gasteiger partial charge is 0.0168 e. The average Bonchev–Trinajstić information content (AvgIpc) is 2.46. The maximum Gasteiger partial charge on any atom is -0.0168 e. The van der Waals surface area contributed by atoms with Crippen LogP contribution < -0.4 is 0 Å². The lowest BCUT2D eigenvalue weighted by Crippen LogP contribution is -2.18. The Morgan fingerprint density at radius 2 is 1.55 bits per heavy atom. The molecule has 0 aromatic heterocycles. The number of rotatable bonds is 0. The molecule has 4 rings (SSSR count). The summed E-state index contributed by atoms with van der Waals surface area (Å²) in [5, 5.41) is 0. The van der Waals surface area contributed by atoms with Crippen molar-refractivity contribution in [2.75, 3.05) is 0 Å². The van der Waals surface area contributed by atoms with Crippen LogP contribution >= 0.6 is 0 Å². The summed E-state index contributed by atoms with van der Waals surface area (Å²) in [7, 11) is 0. The van der Waals surface area contributed by atoms with E-state index in [1.165, 1.54) is 24.2 Å². The predicted octanol–water partition coefficient (Wildman–Crippen LogP) is 2.46. The van der Waals surface area contributed by atoms with Crippen molar-refractivity contribution in [1.29, 1.82) is 0 Å². The summed E-state index contributed by atoms with van der Waals surface area (Å²) in [5.41, 5.74) is 0. The molecule has 0 nitrogen and oxygen atoms in total. The summed E-state index contributed by atoms with van der Waals surface area (Å²) < 4.78 is 0. The van der Waals surface area contributed by atoms with Gasteiger partial charge in [-0.25, -0.2) is 0 Å². The standard InChI is InChI=1S/C11H14/c1-2-6-7(3-1)9-4-8(6)10-5-11(9)10/h1-2,6-11H,3-5H2/t6?,7?,8-,9+,10+,11-/m0/s1. The van der Waals surface area contributed by atoms with Gasteiger partial charge in [0, 0.05) is 0 Å². The van der Waals surface area contributed by atoms with Crippen molar-refractivity contribution in [3.8, 4) is 0 Å². The number of hydrogen-bond acceptors (Lipinski definition) is 0. The molecular formula is C11H14. The van der Waals surface area contributed by atoms with Crippen molar-refractivity contribution < 1.29 is 0 Å². The van der Waals surface area contributed by atoms with Crippen LogP contribution in [0.25, 0.3) is 0 Å². The Labute approximate surface area is 67.7 Å². The quantitative estimate of drug-likeness (QED) is 0.460. The van der Waals surface area contributed by atoms with Crippen LogP contribution in [-0.2, 0) is 0 Å². The van der Waals surface area contributed by atoms with E-state index < -0.39 is 0 Å². The molecule has 3 saturated carbocycles. The number of fused-ring (bicyclic) bond motifs is 8. The highest BCUT2D eigenvalue weighted by Gasteiger charge is 2.64. The van der Waals surface area contributed by atoms with Gasteiger partial charge in [0.25, 0.3) is 0 Å². The van der Waals surface area contributed by atoms with Crippen molar-refractivity contribution in [1.82, 2.24) is 0 Å². The Balaban J connectivity index is 1.82. The van der Waals surface area contributed by atoms with Crippen molar-refractivity contribution in [2.45, 2.75) is 19.3 Å².